The molecule has 0 fully saturated rings. The van der Waals surface area contributed by atoms with Crippen molar-refractivity contribution in [3.8, 4) is 0 Å². The van der Waals surface area contributed by atoms with E-state index in [1.807, 2.05) is 6.07 Å². The predicted octanol–water partition coefficient (Wildman–Crippen LogP) is 4.12. The molecule has 0 bridgehead atoms. The molecule has 8 heteroatoms. The van der Waals surface area contributed by atoms with Crippen molar-refractivity contribution in [3.05, 3.63) is 43.7 Å². The van der Waals surface area contributed by atoms with E-state index in [0.29, 0.717) is 9.90 Å². The van der Waals surface area contributed by atoms with Crippen molar-refractivity contribution in [2.75, 3.05) is 5.32 Å². The van der Waals surface area contributed by atoms with Crippen molar-refractivity contribution in [3.63, 3.8) is 0 Å². The van der Waals surface area contributed by atoms with Crippen molar-refractivity contribution >= 4 is 52.2 Å². The van der Waals surface area contributed by atoms with Gasteiger partial charge < -0.3 is 10.1 Å². The van der Waals surface area contributed by atoms with Crippen LogP contribution in [0.2, 0.25) is 10.0 Å². The van der Waals surface area contributed by atoms with E-state index in [1.54, 1.807) is 0 Å². The number of fused-ring (bicyclic) bond motifs is 1. The Morgan fingerprint density at radius 2 is 2.12 bits per heavy atom. The zero-order valence-electron chi connectivity index (χ0n) is 12.8. The number of halogens is 2. The largest absolute Gasteiger partial charge is 0.448 e. The molecule has 1 N–H and O–H groups in total. The van der Waals surface area contributed by atoms with Gasteiger partial charge >= 0.3 is 5.97 Å². The van der Waals surface area contributed by atoms with Crippen molar-refractivity contribution in [1.82, 2.24) is 4.98 Å². The van der Waals surface area contributed by atoms with Crippen molar-refractivity contribution in [2.45, 2.75) is 32.3 Å². The number of amides is 1. The summed E-state index contributed by atoms with van der Waals surface area (Å²) >= 11 is 13.1. The molecule has 0 saturated heterocycles. The maximum Gasteiger partial charge on any atom is 0.349 e. The van der Waals surface area contributed by atoms with Gasteiger partial charge in [0.1, 0.15) is 4.88 Å². The first-order valence-electron chi connectivity index (χ1n) is 7.38. The third-order valence-electron chi connectivity index (χ3n) is 3.65. The molecular weight excluding hydrogens is 371 g/mol. The van der Waals surface area contributed by atoms with Gasteiger partial charge in [-0.2, -0.15) is 0 Å². The molecule has 2 heterocycles. The molecule has 1 aliphatic rings. The lowest BCUT2D eigenvalue weighted by Crippen LogP contribution is -2.30. The molecule has 0 spiro atoms. The Hall–Kier alpha value is -1.63. The van der Waals surface area contributed by atoms with Gasteiger partial charge in [0.2, 0.25) is 0 Å². The lowest BCUT2D eigenvalue weighted by Gasteiger charge is -2.13. The topological polar surface area (TPSA) is 68.3 Å². The van der Waals surface area contributed by atoms with Crippen molar-refractivity contribution < 1.29 is 14.3 Å². The summed E-state index contributed by atoms with van der Waals surface area (Å²) in [5.41, 5.74) is 1.21. The maximum atomic E-state index is 12.2. The van der Waals surface area contributed by atoms with Crippen LogP contribution in [0.25, 0.3) is 0 Å². The van der Waals surface area contributed by atoms with Crippen LogP contribution in [0, 0.1) is 0 Å². The number of thiophene rings is 1. The molecule has 1 aliphatic carbocycles. The fourth-order valence-corrected chi connectivity index (χ4v) is 3.99. The van der Waals surface area contributed by atoms with E-state index >= 15 is 0 Å². The number of aryl methyl sites for hydroxylation is 2. The third-order valence-corrected chi connectivity index (χ3v) is 5.36. The summed E-state index contributed by atoms with van der Waals surface area (Å²) in [5, 5.41) is 3.09. The zero-order valence-corrected chi connectivity index (χ0v) is 15.1. The Kier molecular flexibility index (Phi) is 5.08. The molecule has 2 aromatic rings. The average molecular weight is 385 g/mol. The minimum absolute atomic E-state index is 0.170. The first-order valence-corrected chi connectivity index (χ1v) is 8.96. The molecule has 0 unspecified atom stereocenters. The smallest absolute Gasteiger partial charge is 0.349 e. The van der Waals surface area contributed by atoms with Crippen LogP contribution in [0.3, 0.4) is 0 Å². The van der Waals surface area contributed by atoms with Crippen molar-refractivity contribution in [2.24, 2.45) is 0 Å². The molecule has 1 atom stereocenters. The van der Waals surface area contributed by atoms with E-state index in [9.17, 15) is 9.59 Å². The lowest BCUT2D eigenvalue weighted by atomic mass is 10.2. The Morgan fingerprint density at radius 3 is 2.83 bits per heavy atom. The maximum absolute atomic E-state index is 12.2. The molecule has 2 aromatic heterocycles. The predicted molar refractivity (Wildman–Crippen MR) is 94.1 cm³/mol. The molecule has 0 aliphatic heterocycles. The number of nitrogens with zero attached hydrogens (tertiary/aromatic N) is 1. The second kappa shape index (κ2) is 7.09. The standard InChI is InChI=1S/C16H14Cl2N2O3S/c1-8(15(21)20-14-11(18)6-10(17)7-19-14)23-16(22)13-5-9-3-2-4-12(9)24-13/h5-8H,2-4H2,1H3,(H,19,20,21)/t8-/m0/s1. The van der Waals surface area contributed by atoms with Gasteiger partial charge in [-0.1, -0.05) is 23.2 Å². The van der Waals surface area contributed by atoms with E-state index < -0.39 is 18.0 Å². The van der Waals surface area contributed by atoms with Crippen LogP contribution in [-0.2, 0) is 22.4 Å². The van der Waals surface area contributed by atoms with Crippen LogP contribution >= 0.6 is 34.5 Å². The normalized spacial score (nSPS) is 14.1. The van der Waals surface area contributed by atoms with E-state index in [0.717, 1.165) is 19.3 Å². The van der Waals surface area contributed by atoms with E-state index in [1.165, 1.54) is 41.0 Å². The van der Waals surface area contributed by atoms with Gasteiger partial charge in [0.25, 0.3) is 5.91 Å². The summed E-state index contributed by atoms with van der Waals surface area (Å²) < 4.78 is 5.23. The highest BCUT2D eigenvalue weighted by Gasteiger charge is 2.24. The number of pyridine rings is 1. The van der Waals surface area contributed by atoms with Crippen LogP contribution in [0.5, 0.6) is 0 Å². The second-order valence-corrected chi connectivity index (χ2v) is 7.41. The number of rotatable bonds is 4. The van der Waals surface area contributed by atoms with Gasteiger partial charge in [0, 0.05) is 11.1 Å². The fraction of sp³-hybridized carbons (Fsp3) is 0.312. The number of nitrogens with one attached hydrogen (secondary N) is 1. The highest BCUT2D eigenvalue weighted by molar-refractivity contribution is 7.14. The highest BCUT2D eigenvalue weighted by Crippen LogP contribution is 2.31. The number of ether oxygens (including phenoxy) is 1. The summed E-state index contributed by atoms with van der Waals surface area (Å²) in [4.78, 5) is 30.0. The van der Waals surface area contributed by atoms with E-state index in [4.69, 9.17) is 27.9 Å². The second-order valence-electron chi connectivity index (χ2n) is 5.43. The van der Waals surface area contributed by atoms with E-state index in [-0.39, 0.29) is 10.8 Å². The van der Waals surface area contributed by atoms with Crippen LogP contribution in [0.15, 0.2) is 18.3 Å². The van der Waals surface area contributed by atoms with Gasteiger partial charge in [-0.25, -0.2) is 9.78 Å². The Labute approximate surface area is 152 Å². The average Bonchev–Trinajstić information content (AvgIpc) is 3.11. The number of esters is 1. The lowest BCUT2D eigenvalue weighted by molar-refractivity contribution is -0.123. The summed E-state index contributed by atoms with van der Waals surface area (Å²) in [7, 11) is 0. The van der Waals surface area contributed by atoms with Gasteiger partial charge in [0.15, 0.2) is 11.9 Å². The molecule has 5 nitrogen and oxygen atoms in total. The zero-order chi connectivity index (χ0) is 17.3. The fourth-order valence-electron chi connectivity index (χ4n) is 2.43. The summed E-state index contributed by atoms with van der Waals surface area (Å²) in [6, 6.07) is 3.33. The molecule has 3 rings (SSSR count). The minimum atomic E-state index is -0.969. The highest BCUT2D eigenvalue weighted by atomic mass is 35.5. The number of anilines is 1. The third kappa shape index (κ3) is 3.71. The SMILES string of the molecule is C[C@H](OC(=O)c1cc2c(s1)CCC2)C(=O)Nc1ncc(Cl)cc1Cl. The van der Waals surface area contributed by atoms with Crippen molar-refractivity contribution in [1.29, 1.82) is 0 Å². The molecule has 24 heavy (non-hydrogen) atoms. The summed E-state index contributed by atoms with van der Waals surface area (Å²) in [5.74, 6) is -0.833. The first-order chi connectivity index (χ1) is 11.4. The Balaban J connectivity index is 1.61. The van der Waals surface area contributed by atoms with Gasteiger partial charge in [0.05, 0.1) is 10.0 Å². The Bertz CT molecular complexity index is 785. The van der Waals surface area contributed by atoms with E-state index in [2.05, 4.69) is 10.3 Å². The molecule has 0 saturated carbocycles. The molecule has 0 radical (unpaired) electrons. The molecule has 0 aromatic carbocycles. The number of aromatic nitrogens is 1. The monoisotopic (exact) mass is 384 g/mol. The van der Waals surface area contributed by atoms with Crippen LogP contribution < -0.4 is 5.32 Å². The summed E-state index contributed by atoms with van der Waals surface area (Å²) in [6.45, 7) is 1.50. The van der Waals surface area contributed by atoms with Crippen LogP contribution in [0.1, 0.15) is 33.5 Å². The molecular formula is C16H14Cl2N2O3S. The number of hydrogen-bond donors (Lipinski definition) is 1. The number of carbonyl (C=O) groups is 2. The van der Waals surface area contributed by atoms with Crippen LogP contribution in [-0.4, -0.2) is 23.0 Å². The number of hydrogen-bond acceptors (Lipinski definition) is 5. The van der Waals surface area contributed by atoms with Gasteiger partial charge in [-0.05, 0) is 43.9 Å². The summed E-state index contributed by atoms with van der Waals surface area (Å²) in [6.07, 6.45) is 3.53. The molecule has 1 amide bonds. The van der Waals surface area contributed by atoms with Gasteiger partial charge in [-0.15, -0.1) is 11.3 Å². The first kappa shape index (κ1) is 17.2. The van der Waals surface area contributed by atoms with Gasteiger partial charge in [-0.3, -0.25) is 4.79 Å². The quantitative estimate of drug-likeness (QED) is 0.804. The number of carbonyl (C=O) groups excluding carboxylic acids is 2. The van der Waals surface area contributed by atoms with Crippen LogP contribution in [0.4, 0.5) is 5.82 Å². The Morgan fingerprint density at radius 1 is 1.33 bits per heavy atom. The molecule has 126 valence electrons. The minimum Gasteiger partial charge on any atom is -0.448 e.